The Hall–Kier alpha value is -3.22. The number of benzene rings is 4. The molecular formula is C34H28Br2O4. The average molecular weight is 660 g/mol. The largest absolute Gasteiger partial charge is 0.454 e. The maximum absolute atomic E-state index is 13.2. The van der Waals surface area contributed by atoms with Crippen LogP contribution < -0.4 is 0 Å². The minimum absolute atomic E-state index is 0.132. The molecule has 0 amide bonds. The Morgan fingerprint density at radius 2 is 1.02 bits per heavy atom. The van der Waals surface area contributed by atoms with E-state index < -0.39 is 0 Å². The molecule has 0 bridgehead atoms. The van der Waals surface area contributed by atoms with Crippen LogP contribution in [-0.4, -0.2) is 11.9 Å². The monoisotopic (exact) mass is 658 g/mol. The first-order valence-corrected chi connectivity index (χ1v) is 15.0. The fourth-order valence-electron chi connectivity index (χ4n) is 6.40. The van der Waals surface area contributed by atoms with Crippen molar-refractivity contribution in [3.05, 3.63) is 138 Å². The van der Waals surface area contributed by atoms with Gasteiger partial charge in [-0.15, -0.1) is 0 Å². The van der Waals surface area contributed by atoms with Gasteiger partial charge in [0.05, 0.1) is 11.1 Å². The van der Waals surface area contributed by atoms with Gasteiger partial charge >= 0.3 is 11.9 Å². The lowest BCUT2D eigenvalue weighted by Crippen LogP contribution is -2.34. The molecule has 202 valence electrons. The standard InChI is InChI=1S/C34H28Br2O4/c1-19-5-3-7-26-28(39-33(37)21-9-13-24(35)14-10-21)17-23-18-29(40-34(38)22-11-15-25(36)16-12-22)27-8-4-6-20(2)31(27)32(23)30(19)26/h3-16,23,28-29,32H,17-18H2,1-2H3/t23?,28-,29-,32?/m1/s1. The normalized spacial score (nSPS) is 21.0. The Balaban J connectivity index is 1.38. The van der Waals surface area contributed by atoms with Gasteiger partial charge in [-0.2, -0.15) is 0 Å². The van der Waals surface area contributed by atoms with Crippen molar-refractivity contribution >= 4 is 43.8 Å². The summed E-state index contributed by atoms with van der Waals surface area (Å²) < 4.78 is 14.2. The Morgan fingerprint density at radius 1 is 0.625 bits per heavy atom. The zero-order chi connectivity index (χ0) is 28.0. The lowest BCUT2D eigenvalue weighted by Gasteiger charge is -2.45. The topological polar surface area (TPSA) is 52.6 Å². The minimum Gasteiger partial charge on any atom is -0.454 e. The Labute approximate surface area is 251 Å². The van der Waals surface area contributed by atoms with E-state index in [0.29, 0.717) is 24.0 Å². The summed E-state index contributed by atoms with van der Waals surface area (Å²) in [6.45, 7) is 4.26. The van der Waals surface area contributed by atoms with Gasteiger partial charge in [0.15, 0.2) is 0 Å². The number of hydrogen-bond acceptors (Lipinski definition) is 4. The second-order valence-electron chi connectivity index (χ2n) is 10.7. The third kappa shape index (κ3) is 5.04. The zero-order valence-electron chi connectivity index (χ0n) is 22.2. The van der Waals surface area contributed by atoms with Crippen LogP contribution in [0, 0.1) is 19.8 Å². The summed E-state index contributed by atoms with van der Waals surface area (Å²) in [5, 5.41) is 0. The molecule has 0 aromatic heterocycles. The summed E-state index contributed by atoms with van der Waals surface area (Å²) in [5.41, 5.74) is 7.96. The van der Waals surface area contributed by atoms with Crippen molar-refractivity contribution < 1.29 is 19.1 Å². The molecule has 0 aliphatic heterocycles. The molecular weight excluding hydrogens is 632 g/mol. The fourth-order valence-corrected chi connectivity index (χ4v) is 6.92. The minimum atomic E-state index is -0.388. The lowest BCUT2D eigenvalue weighted by atomic mass is 9.62. The van der Waals surface area contributed by atoms with E-state index in [9.17, 15) is 9.59 Å². The van der Waals surface area contributed by atoms with E-state index >= 15 is 0 Å². The SMILES string of the molecule is Cc1cccc2c1C1c3c(C)cccc3[C@H](OC(=O)c3ccc(Br)cc3)CC1C[C@H]2OC(=O)c1ccc(Br)cc1. The molecule has 0 radical (unpaired) electrons. The van der Waals surface area contributed by atoms with Gasteiger partial charge in [-0.25, -0.2) is 9.59 Å². The number of aryl methyl sites for hydroxylation is 2. The third-order valence-corrected chi connectivity index (χ3v) is 9.25. The van der Waals surface area contributed by atoms with E-state index in [1.54, 1.807) is 24.3 Å². The van der Waals surface area contributed by atoms with Gasteiger partial charge in [0.2, 0.25) is 0 Å². The average Bonchev–Trinajstić information content (AvgIpc) is 2.94. The lowest BCUT2D eigenvalue weighted by molar-refractivity contribution is 0.00378. The number of hydrogen-bond donors (Lipinski definition) is 0. The molecule has 2 atom stereocenters. The van der Waals surface area contributed by atoms with E-state index in [1.807, 2.05) is 36.4 Å². The zero-order valence-corrected chi connectivity index (χ0v) is 25.4. The third-order valence-electron chi connectivity index (χ3n) is 8.19. The smallest absolute Gasteiger partial charge is 0.338 e. The van der Waals surface area contributed by atoms with E-state index in [4.69, 9.17) is 9.47 Å². The molecule has 6 rings (SSSR count). The summed E-state index contributed by atoms with van der Waals surface area (Å²) in [4.78, 5) is 26.4. The van der Waals surface area contributed by atoms with Crippen LogP contribution in [0.5, 0.6) is 0 Å². The molecule has 4 nitrogen and oxygen atoms in total. The Morgan fingerprint density at radius 3 is 1.43 bits per heavy atom. The number of ether oxygens (including phenoxy) is 2. The molecule has 0 saturated heterocycles. The van der Waals surface area contributed by atoms with Crippen molar-refractivity contribution in [2.24, 2.45) is 5.92 Å². The first-order chi connectivity index (χ1) is 19.3. The highest BCUT2D eigenvalue weighted by Gasteiger charge is 2.45. The summed E-state index contributed by atoms with van der Waals surface area (Å²) in [6.07, 6.45) is 0.536. The maximum Gasteiger partial charge on any atom is 0.338 e. The van der Waals surface area contributed by atoms with Crippen LogP contribution in [0.4, 0.5) is 0 Å². The summed E-state index contributed by atoms with van der Waals surface area (Å²) in [6, 6.07) is 27.0. The second kappa shape index (κ2) is 11.0. The molecule has 6 heteroatoms. The molecule has 40 heavy (non-hydrogen) atoms. The van der Waals surface area contributed by atoms with Gasteiger partial charge in [-0.05, 0) is 115 Å². The second-order valence-corrected chi connectivity index (χ2v) is 12.5. The van der Waals surface area contributed by atoms with Crippen molar-refractivity contribution in [2.75, 3.05) is 0 Å². The predicted molar refractivity (Wildman–Crippen MR) is 162 cm³/mol. The molecule has 4 aromatic rings. The van der Waals surface area contributed by atoms with Crippen molar-refractivity contribution in [1.82, 2.24) is 0 Å². The van der Waals surface area contributed by atoms with Crippen molar-refractivity contribution in [1.29, 1.82) is 0 Å². The van der Waals surface area contributed by atoms with Crippen molar-refractivity contribution in [3.63, 3.8) is 0 Å². The molecule has 0 heterocycles. The van der Waals surface area contributed by atoms with Gasteiger partial charge in [0.1, 0.15) is 12.2 Å². The molecule has 2 aliphatic rings. The number of esters is 2. The van der Waals surface area contributed by atoms with Crippen LogP contribution >= 0.6 is 31.9 Å². The van der Waals surface area contributed by atoms with Crippen molar-refractivity contribution in [2.45, 2.75) is 44.8 Å². The van der Waals surface area contributed by atoms with Crippen LogP contribution in [-0.2, 0) is 9.47 Å². The molecule has 0 saturated carbocycles. The predicted octanol–water partition coefficient (Wildman–Crippen LogP) is 9.18. The number of carbonyl (C=O) groups excluding carboxylic acids is 2. The highest BCUT2D eigenvalue weighted by atomic mass is 79.9. The molecule has 0 unspecified atom stereocenters. The first-order valence-electron chi connectivity index (χ1n) is 13.4. The van der Waals surface area contributed by atoms with Gasteiger partial charge < -0.3 is 9.47 Å². The van der Waals surface area contributed by atoms with Gasteiger partial charge in [-0.3, -0.25) is 0 Å². The van der Waals surface area contributed by atoms with Crippen molar-refractivity contribution in [3.8, 4) is 0 Å². The maximum atomic E-state index is 13.2. The number of halogens is 2. The highest BCUT2D eigenvalue weighted by Crippen LogP contribution is 2.56. The van der Waals surface area contributed by atoms with Gasteiger partial charge in [-0.1, -0.05) is 68.3 Å². The first kappa shape index (κ1) is 27.0. The van der Waals surface area contributed by atoms with Crippen LogP contribution in [0.2, 0.25) is 0 Å². The van der Waals surface area contributed by atoms with Crippen LogP contribution in [0.25, 0.3) is 0 Å². The summed E-state index contributed by atoms with van der Waals surface area (Å²) >= 11 is 6.86. The van der Waals surface area contributed by atoms with Gasteiger partial charge in [0, 0.05) is 14.9 Å². The van der Waals surface area contributed by atoms with E-state index in [2.05, 4.69) is 70.0 Å². The van der Waals surface area contributed by atoms with E-state index in [-0.39, 0.29) is 36.0 Å². The number of carbonyl (C=O) groups is 2. The van der Waals surface area contributed by atoms with Crippen LogP contribution in [0.1, 0.15) is 85.1 Å². The molecule has 4 aromatic carbocycles. The van der Waals surface area contributed by atoms with Crippen LogP contribution in [0.15, 0.2) is 93.9 Å². The fraction of sp³-hybridized carbons (Fsp3) is 0.235. The number of fused-ring (bicyclic) bond motifs is 5. The summed E-state index contributed by atoms with van der Waals surface area (Å²) in [5.74, 6) is -0.409. The molecule has 2 aliphatic carbocycles. The van der Waals surface area contributed by atoms with Gasteiger partial charge in [0.25, 0.3) is 0 Å². The quantitative estimate of drug-likeness (QED) is 0.205. The van der Waals surface area contributed by atoms with E-state index in [0.717, 1.165) is 20.1 Å². The number of rotatable bonds is 4. The highest BCUT2D eigenvalue weighted by molar-refractivity contribution is 9.10. The van der Waals surface area contributed by atoms with Crippen LogP contribution in [0.3, 0.4) is 0 Å². The molecule has 0 spiro atoms. The van der Waals surface area contributed by atoms with E-state index in [1.165, 1.54) is 22.3 Å². The Kier molecular flexibility index (Phi) is 7.41. The molecule has 0 N–H and O–H groups in total. The molecule has 0 fully saturated rings. The summed E-state index contributed by atoms with van der Waals surface area (Å²) in [7, 11) is 0. The Bertz CT molecular complexity index is 1470.